The molecule has 0 unspecified atom stereocenters. The van der Waals surface area contributed by atoms with Crippen molar-refractivity contribution >= 4 is 15.9 Å². The van der Waals surface area contributed by atoms with Gasteiger partial charge < -0.3 is 5.32 Å². The molecule has 0 aliphatic heterocycles. The van der Waals surface area contributed by atoms with Crippen molar-refractivity contribution in [2.24, 2.45) is 0 Å². The van der Waals surface area contributed by atoms with Crippen LogP contribution in [-0.4, -0.2) is 35.6 Å². The standard InChI is InChI=1S/C25H21N5O3S/c1-2-13-28-34(32,33)23-10-6-7-20(16-23)25(31)27-17-21-18-30(22-8-4-3-5-9-22)29-24(21)19-11-14-26-15-12-19/h1,3-12,14-16,18,28H,13,17H2,(H,27,31). The first kappa shape index (κ1) is 22.9. The van der Waals surface area contributed by atoms with E-state index in [0.717, 1.165) is 16.8 Å². The van der Waals surface area contributed by atoms with Crippen LogP contribution in [0.25, 0.3) is 16.9 Å². The number of aromatic nitrogens is 3. The molecule has 170 valence electrons. The summed E-state index contributed by atoms with van der Waals surface area (Å²) in [7, 11) is -3.81. The normalized spacial score (nSPS) is 11.0. The number of nitrogens with one attached hydrogen (secondary N) is 2. The fraction of sp³-hybridized carbons (Fsp3) is 0.0800. The van der Waals surface area contributed by atoms with Crippen molar-refractivity contribution in [2.75, 3.05) is 6.54 Å². The molecule has 0 aliphatic rings. The van der Waals surface area contributed by atoms with Crippen LogP contribution in [0.15, 0.2) is 90.2 Å². The zero-order chi connectivity index (χ0) is 24.0. The van der Waals surface area contributed by atoms with Crippen molar-refractivity contribution in [1.29, 1.82) is 0 Å². The number of carbonyl (C=O) groups excluding carboxylic acids is 1. The van der Waals surface area contributed by atoms with Gasteiger partial charge in [-0.25, -0.2) is 13.1 Å². The summed E-state index contributed by atoms with van der Waals surface area (Å²) in [6, 6.07) is 19.1. The van der Waals surface area contributed by atoms with E-state index in [9.17, 15) is 13.2 Å². The predicted molar refractivity (Wildman–Crippen MR) is 128 cm³/mol. The summed E-state index contributed by atoms with van der Waals surface area (Å²) in [4.78, 5) is 16.9. The lowest BCUT2D eigenvalue weighted by molar-refractivity contribution is 0.0950. The maximum absolute atomic E-state index is 12.8. The van der Waals surface area contributed by atoms with Gasteiger partial charge in [0, 0.05) is 41.8 Å². The lowest BCUT2D eigenvalue weighted by atomic mass is 10.1. The third kappa shape index (κ3) is 5.20. The monoisotopic (exact) mass is 471 g/mol. The highest BCUT2D eigenvalue weighted by Gasteiger charge is 2.17. The van der Waals surface area contributed by atoms with E-state index in [0.29, 0.717) is 5.69 Å². The molecule has 0 spiro atoms. The van der Waals surface area contributed by atoms with Crippen LogP contribution in [0.2, 0.25) is 0 Å². The molecule has 1 amide bonds. The van der Waals surface area contributed by atoms with Gasteiger partial charge in [-0.15, -0.1) is 6.42 Å². The molecule has 0 bridgehead atoms. The van der Waals surface area contributed by atoms with Gasteiger partial charge >= 0.3 is 0 Å². The summed E-state index contributed by atoms with van der Waals surface area (Å²) < 4.78 is 28.7. The lowest BCUT2D eigenvalue weighted by Gasteiger charge is -2.08. The highest BCUT2D eigenvalue weighted by Crippen LogP contribution is 2.23. The SMILES string of the molecule is C#CCNS(=O)(=O)c1cccc(C(=O)NCc2cn(-c3ccccc3)nc2-c2ccncc2)c1. The van der Waals surface area contributed by atoms with E-state index in [1.54, 1.807) is 23.1 Å². The van der Waals surface area contributed by atoms with Crippen LogP contribution < -0.4 is 10.0 Å². The minimum Gasteiger partial charge on any atom is -0.348 e. The van der Waals surface area contributed by atoms with Crippen molar-refractivity contribution in [3.8, 4) is 29.3 Å². The van der Waals surface area contributed by atoms with Gasteiger partial charge in [0.05, 0.1) is 22.8 Å². The molecule has 0 fully saturated rings. The number of hydrogen-bond donors (Lipinski definition) is 2. The maximum Gasteiger partial charge on any atom is 0.251 e. The van der Waals surface area contributed by atoms with Gasteiger partial charge in [0.25, 0.3) is 5.91 Å². The molecule has 0 atom stereocenters. The Labute approximate surface area is 197 Å². The molecule has 0 saturated carbocycles. The fourth-order valence-corrected chi connectivity index (χ4v) is 4.29. The number of sulfonamides is 1. The molecule has 0 saturated heterocycles. The Balaban J connectivity index is 1.58. The van der Waals surface area contributed by atoms with Crippen LogP contribution in [0.5, 0.6) is 0 Å². The number of amides is 1. The van der Waals surface area contributed by atoms with Crippen LogP contribution >= 0.6 is 0 Å². The van der Waals surface area contributed by atoms with Crippen molar-refractivity contribution in [1.82, 2.24) is 24.8 Å². The van der Waals surface area contributed by atoms with E-state index in [1.807, 2.05) is 48.7 Å². The van der Waals surface area contributed by atoms with Gasteiger partial charge in [0.2, 0.25) is 10.0 Å². The number of rotatable bonds is 8. The minimum atomic E-state index is -3.81. The predicted octanol–water partition coefficient (Wildman–Crippen LogP) is 2.78. The first-order valence-electron chi connectivity index (χ1n) is 10.3. The van der Waals surface area contributed by atoms with E-state index in [4.69, 9.17) is 11.5 Å². The Kier molecular flexibility index (Phi) is 6.82. The lowest BCUT2D eigenvalue weighted by Crippen LogP contribution is -2.26. The number of nitrogens with zero attached hydrogens (tertiary/aromatic N) is 3. The molecule has 2 aromatic carbocycles. The molecule has 9 heteroatoms. The molecule has 8 nitrogen and oxygen atoms in total. The maximum atomic E-state index is 12.8. The number of hydrogen-bond acceptors (Lipinski definition) is 5. The largest absolute Gasteiger partial charge is 0.348 e. The van der Waals surface area contributed by atoms with E-state index in [2.05, 4.69) is 20.9 Å². The number of terminal acetylenes is 1. The molecule has 2 heterocycles. The third-order valence-electron chi connectivity index (χ3n) is 4.97. The number of para-hydroxylation sites is 1. The van der Waals surface area contributed by atoms with E-state index < -0.39 is 15.9 Å². The first-order chi connectivity index (χ1) is 16.5. The van der Waals surface area contributed by atoms with E-state index in [1.165, 1.54) is 18.2 Å². The quantitative estimate of drug-likeness (QED) is 0.385. The van der Waals surface area contributed by atoms with Crippen LogP contribution in [0, 0.1) is 12.3 Å². The van der Waals surface area contributed by atoms with Gasteiger partial charge in [0.1, 0.15) is 0 Å². The molecule has 2 N–H and O–H groups in total. The Morgan fingerprint density at radius 1 is 1.03 bits per heavy atom. The number of pyridine rings is 1. The molecule has 0 aliphatic carbocycles. The van der Waals surface area contributed by atoms with Gasteiger partial charge in [-0.1, -0.05) is 30.2 Å². The zero-order valence-corrected chi connectivity index (χ0v) is 18.9. The van der Waals surface area contributed by atoms with Crippen molar-refractivity contribution in [3.05, 3.63) is 96.4 Å². The first-order valence-corrected chi connectivity index (χ1v) is 11.8. The van der Waals surface area contributed by atoms with Crippen LogP contribution in [0.1, 0.15) is 15.9 Å². The third-order valence-corrected chi connectivity index (χ3v) is 6.37. The Morgan fingerprint density at radius 3 is 2.53 bits per heavy atom. The van der Waals surface area contributed by atoms with Gasteiger partial charge in [-0.05, 0) is 42.5 Å². The summed E-state index contributed by atoms with van der Waals surface area (Å²) in [6.07, 6.45) is 10.3. The highest BCUT2D eigenvalue weighted by atomic mass is 32.2. The molecule has 4 aromatic rings. The Morgan fingerprint density at radius 2 is 1.79 bits per heavy atom. The van der Waals surface area contributed by atoms with Gasteiger partial charge in [0.15, 0.2) is 0 Å². The highest BCUT2D eigenvalue weighted by molar-refractivity contribution is 7.89. The summed E-state index contributed by atoms with van der Waals surface area (Å²) in [5, 5.41) is 7.57. The topological polar surface area (TPSA) is 106 Å². The average molecular weight is 472 g/mol. The molecule has 34 heavy (non-hydrogen) atoms. The van der Waals surface area contributed by atoms with Crippen molar-refractivity contribution in [2.45, 2.75) is 11.4 Å². The molecular weight excluding hydrogens is 450 g/mol. The van der Waals surface area contributed by atoms with Gasteiger partial charge in [-0.2, -0.15) is 9.82 Å². The van der Waals surface area contributed by atoms with Crippen LogP contribution in [0.4, 0.5) is 0 Å². The van der Waals surface area contributed by atoms with Crippen molar-refractivity contribution in [3.63, 3.8) is 0 Å². The number of benzene rings is 2. The van der Waals surface area contributed by atoms with Gasteiger partial charge in [-0.3, -0.25) is 9.78 Å². The second-order valence-corrected chi connectivity index (χ2v) is 9.03. The second kappa shape index (κ2) is 10.1. The smallest absolute Gasteiger partial charge is 0.251 e. The van der Waals surface area contributed by atoms with Crippen LogP contribution in [0.3, 0.4) is 0 Å². The molecule has 0 radical (unpaired) electrons. The Hall–Kier alpha value is -4.26. The van der Waals surface area contributed by atoms with E-state index in [-0.39, 0.29) is 23.5 Å². The second-order valence-electron chi connectivity index (χ2n) is 7.26. The molecule has 2 aromatic heterocycles. The van der Waals surface area contributed by atoms with E-state index >= 15 is 0 Å². The molecule has 4 rings (SSSR count). The summed E-state index contributed by atoms with van der Waals surface area (Å²) >= 11 is 0. The Bertz CT molecular complexity index is 1440. The fourth-order valence-electron chi connectivity index (χ4n) is 3.31. The summed E-state index contributed by atoms with van der Waals surface area (Å²) in [5.74, 6) is 1.81. The number of carbonyl (C=O) groups is 1. The summed E-state index contributed by atoms with van der Waals surface area (Å²) in [6.45, 7) is 0.0532. The summed E-state index contributed by atoms with van der Waals surface area (Å²) in [5.41, 5.74) is 3.46. The average Bonchev–Trinajstić information content (AvgIpc) is 3.31. The van der Waals surface area contributed by atoms with Crippen molar-refractivity contribution < 1.29 is 13.2 Å². The minimum absolute atomic E-state index is 0.0372. The van der Waals surface area contributed by atoms with Crippen LogP contribution in [-0.2, 0) is 16.6 Å². The molecular formula is C25H21N5O3S. The zero-order valence-electron chi connectivity index (χ0n) is 18.0.